The first-order valence-electron chi connectivity index (χ1n) is 8.12. The van der Waals surface area contributed by atoms with E-state index in [-0.39, 0.29) is 17.8 Å². The number of pyridine rings is 1. The minimum Gasteiger partial charge on any atom is -0.387 e. The molecule has 8 heteroatoms. The zero-order valence-electron chi connectivity index (χ0n) is 13.8. The smallest absolute Gasteiger partial charge is 0.387 e. The van der Waals surface area contributed by atoms with E-state index < -0.39 is 23.2 Å². The van der Waals surface area contributed by atoms with E-state index in [0.717, 1.165) is 6.07 Å². The van der Waals surface area contributed by atoms with Crippen LogP contribution in [-0.2, 0) is 6.18 Å². The van der Waals surface area contributed by atoms with Crippen molar-refractivity contribution in [2.75, 3.05) is 19.6 Å². The first-order chi connectivity index (χ1) is 12.3. The van der Waals surface area contributed by atoms with Gasteiger partial charge in [0.15, 0.2) is 0 Å². The fourth-order valence-corrected chi connectivity index (χ4v) is 2.87. The van der Waals surface area contributed by atoms with Gasteiger partial charge in [0, 0.05) is 30.4 Å². The molecule has 3 rings (SSSR count). The third-order valence-electron chi connectivity index (χ3n) is 4.33. The van der Waals surface area contributed by atoms with Crippen LogP contribution in [0, 0.1) is 0 Å². The summed E-state index contributed by atoms with van der Waals surface area (Å²) in [6, 6.07) is 7.94. The van der Waals surface area contributed by atoms with E-state index in [9.17, 15) is 23.1 Å². The maximum Gasteiger partial charge on any atom is 0.418 e. The average molecular weight is 365 g/mol. The van der Waals surface area contributed by atoms with E-state index in [0.29, 0.717) is 25.1 Å². The fourth-order valence-electron chi connectivity index (χ4n) is 2.87. The van der Waals surface area contributed by atoms with Crippen molar-refractivity contribution >= 4 is 5.91 Å². The number of nitrogens with zero attached hydrogens (tertiary/aromatic N) is 1. The maximum atomic E-state index is 13.1. The quantitative estimate of drug-likeness (QED) is 0.777. The molecule has 0 radical (unpaired) electrons. The van der Waals surface area contributed by atoms with Gasteiger partial charge in [0.2, 0.25) is 0 Å². The summed E-state index contributed by atoms with van der Waals surface area (Å²) in [5.41, 5.74) is -1.40. The van der Waals surface area contributed by atoms with Crippen LogP contribution in [0.4, 0.5) is 13.2 Å². The summed E-state index contributed by atoms with van der Waals surface area (Å²) in [6.07, 6.45) is -2.67. The Balaban J connectivity index is 1.74. The van der Waals surface area contributed by atoms with Gasteiger partial charge in [-0.2, -0.15) is 13.2 Å². The number of aliphatic hydroxyl groups is 1. The molecule has 138 valence electrons. The van der Waals surface area contributed by atoms with Crippen LogP contribution in [0.25, 0.3) is 11.3 Å². The van der Waals surface area contributed by atoms with Crippen molar-refractivity contribution in [1.29, 1.82) is 0 Å². The molecular formula is C18H18F3N3O2. The third kappa shape index (κ3) is 4.03. The molecule has 5 nitrogen and oxygen atoms in total. The van der Waals surface area contributed by atoms with E-state index in [1.54, 1.807) is 0 Å². The van der Waals surface area contributed by atoms with Gasteiger partial charge in [-0.15, -0.1) is 0 Å². The second-order valence-corrected chi connectivity index (χ2v) is 6.31. The number of halogens is 3. The van der Waals surface area contributed by atoms with Gasteiger partial charge in [-0.3, -0.25) is 9.78 Å². The van der Waals surface area contributed by atoms with Crippen LogP contribution < -0.4 is 10.6 Å². The normalized spacial score (nSPS) is 20.2. The van der Waals surface area contributed by atoms with Crippen molar-refractivity contribution in [3.05, 3.63) is 53.7 Å². The Kier molecular flexibility index (Phi) is 4.97. The molecule has 0 saturated carbocycles. The summed E-state index contributed by atoms with van der Waals surface area (Å²) < 4.78 is 39.3. The zero-order valence-corrected chi connectivity index (χ0v) is 13.8. The molecule has 2 aromatic rings. The van der Waals surface area contributed by atoms with Gasteiger partial charge in [-0.25, -0.2) is 0 Å². The van der Waals surface area contributed by atoms with Crippen molar-refractivity contribution in [3.8, 4) is 11.3 Å². The third-order valence-corrected chi connectivity index (χ3v) is 4.33. The summed E-state index contributed by atoms with van der Waals surface area (Å²) in [7, 11) is 0. The number of aromatic nitrogens is 1. The van der Waals surface area contributed by atoms with Crippen molar-refractivity contribution in [2.45, 2.75) is 18.2 Å². The highest BCUT2D eigenvalue weighted by Crippen LogP contribution is 2.35. The Hall–Kier alpha value is -2.45. The summed E-state index contributed by atoms with van der Waals surface area (Å²) in [5, 5.41) is 15.9. The molecule has 26 heavy (non-hydrogen) atoms. The lowest BCUT2D eigenvalue weighted by molar-refractivity contribution is -0.137. The lowest BCUT2D eigenvalue weighted by Gasteiger charge is -2.21. The van der Waals surface area contributed by atoms with E-state index in [1.807, 2.05) is 0 Å². The molecule has 2 heterocycles. The van der Waals surface area contributed by atoms with Gasteiger partial charge in [-0.1, -0.05) is 12.1 Å². The lowest BCUT2D eigenvalue weighted by atomic mass is 10.0. The second kappa shape index (κ2) is 7.05. The molecule has 1 aromatic heterocycles. The monoisotopic (exact) mass is 365 g/mol. The molecule has 1 saturated heterocycles. The molecule has 1 fully saturated rings. The number of carbonyl (C=O) groups excluding carboxylic acids is 1. The summed E-state index contributed by atoms with van der Waals surface area (Å²) in [6.45, 7) is 1.21. The number of β-amino-alcohol motifs (C(OH)–C–C–N with tert-alkyl or cyclic N) is 1. The molecule has 1 atom stereocenters. The highest BCUT2D eigenvalue weighted by Gasteiger charge is 2.34. The Bertz CT molecular complexity index is 785. The highest BCUT2D eigenvalue weighted by atomic mass is 19.4. The minimum absolute atomic E-state index is 0.110. The Labute approximate surface area is 148 Å². The van der Waals surface area contributed by atoms with E-state index >= 15 is 0 Å². The average Bonchev–Trinajstić information content (AvgIpc) is 3.06. The molecule has 0 aliphatic carbocycles. The van der Waals surface area contributed by atoms with Crippen LogP contribution in [0.2, 0.25) is 0 Å². The van der Waals surface area contributed by atoms with E-state index in [1.165, 1.54) is 36.5 Å². The number of amides is 1. The van der Waals surface area contributed by atoms with Crippen LogP contribution in [0.1, 0.15) is 22.3 Å². The Morgan fingerprint density at radius 1 is 1.27 bits per heavy atom. The second-order valence-electron chi connectivity index (χ2n) is 6.31. The van der Waals surface area contributed by atoms with Gasteiger partial charge >= 0.3 is 6.18 Å². The van der Waals surface area contributed by atoms with Crippen LogP contribution in [0.3, 0.4) is 0 Å². The van der Waals surface area contributed by atoms with Crippen molar-refractivity contribution in [1.82, 2.24) is 15.6 Å². The highest BCUT2D eigenvalue weighted by molar-refractivity contribution is 5.94. The number of nitrogens with one attached hydrogen (secondary N) is 2. The predicted octanol–water partition coefficient (Wildman–Crippen LogP) is 2.22. The van der Waals surface area contributed by atoms with Gasteiger partial charge in [0.25, 0.3) is 5.91 Å². The molecule has 0 bridgehead atoms. The Morgan fingerprint density at radius 2 is 2.00 bits per heavy atom. The molecular weight excluding hydrogens is 347 g/mol. The molecule has 3 N–H and O–H groups in total. The number of carbonyl (C=O) groups is 1. The molecule has 1 aromatic carbocycles. The maximum absolute atomic E-state index is 13.1. The van der Waals surface area contributed by atoms with Crippen LogP contribution in [0.5, 0.6) is 0 Å². The molecule has 1 amide bonds. The summed E-state index contributed by atoms with van der Waals surface area (Å²) >= 11 is 0. The van der Waals surface area contributed by atoms with Gasteiger partial charge in [0.05, 0.1) is 16.9 Å². The number of alkyl halides is 3. The van der Waals surface area contributed by atoms with E-state index in [4.69, 9.17) is 0 Å². The van der Waals surface area contributed by atoms with Gasteiger partial charge in [0.1, 0.15) is 0 Å². The number of hydrogen-bond donors (Lipinski definition) is 3. The zero-order chi connectivity index (χ0) is 18.8. The lowest BCUT2D eigenvalue weighted by Crippen LogP contribution is -2.44. The molecule has 1 unspecified atom stereocenters. The SMILES string of the molecule is O=C(NCC1(O)CCNC1)c1ccc(-c2ncccc2C(F)(F)F)cc1. The van der Waals surface area contributed by atoms with Gasteiger partial charge in [-0.05, 0) is 37.2 Å². The molecule has 1 aliphatic heterocycles. The Morgan fingerprint density at radius 3 is 2.62 bits per heavy atom. The standard InChI is InChI=1S/C18H18F3N3O2/c19-18(20,21)14-2-1-8-23-15(14)12-3-5-13(6-4-12)16(25)24-11-17(26)7-9-22-10-17/h1-6,8,22,26H,7,9-11H2,(H,24,25). The largest absolute Gasteiger partial charge is 0.418 e. The molecule has 1 aliphatic rings. The minimum atomic E-state index is -4.51. The van der Waals surface area contributed by atoms with Gasteiger partial charge < -0.3 is 15.7 Å². The van der Waals surface area contributed by atoms with Crippen LogP contribution in [0.15, 0.2) is 42.6 Å². The summed E-state index contributed by atoms with van der Waals surface area (Å²) in [5.74, 6) is -0.394. The van der Waals surface area contributed by atoms with Crippen molar-refractivity contribution < 1.29 is 23.1 Å². The van der Waals surface area contributed by atoms with E-state index in [2.05, 4.69) is 15.6 Å². The molecule has 0 spiro atoms. The fraction of sp³-hybridized carbons (Fsp3) is 0.333. The van der Waals surface area contributed by atoms with Crippen LogP contribution in [-0.4, -0.2) is 41.2 Å². The number of hydrogen-bond acceptors (Lipinski definition) is 4. The first kappa shape index (κ1) is 18.3. The topological polar surface area (TPSA) is 74.2 Å². The number of rotatable bonds is 4. The van der Waals surface area contributed by atoms with Crippen molar-refractivity contribution in [2.24, 2.45) is 0 Å². The van der Waals surface area contributed by atoms with Crippen LogP contribution >= 0.6 is 0 Å². The predicted molar refractivity (Wildman–Crippen MR) is 89.4 cm³/mol. The summed E-state index contributed by atoms with van der Waals surface area (Å²) in [4.78, 5) is 16.0. The number of benzene rings is 1. The van der Waals surface area contributed by atoms with Crippen molar-refractivity contribution in [3.63, 3.8) is 0 Å². The first-order valence-corrected chi connectivity index (χ1v) is 8.12.